The molecule has 1 atom stereocenters. The molecule has 2 N–H and O–H groups in total. The van der Waals surface area contributed by atoms with Gasteiger partial charge in [0, 0.05) is 22.3 Å². The van der Waals surface area contributed by atoms with E-state index in [1.54, 1.807) is 11.3 Å². The van der Waals surface area contributed by atoms with Crippen LogP contribution in [0.4, 0.5) is 0 Å². The Bertz CT molecular complexity index is 360. The van der Waals surface area contributed by atoms with Gasteiger partial charge in [0.05, 0.1) is 6.54 Å². The monoisotopic (exact) mass is 240 g/mol. The summed E-state index contributed by atoms with van der Waals surface area (Å²) in [5.41, 5.74) is 1.30. The van der Waals surface area contributed by atoms with E-state index in [9.17, 15) is 4.79 Å². The first-order valence-electron chi connectivity index (χ1n) is 5.61. The van der Waals surface area contributed by atoms with Gasteiger partial charge < -0.3 is 10.6 Å². The molecule has 0 aliphatic heterocycles. The molecule has 1 amide bonds. The van der Waals surface area contributed by atoms with E-state index in [2.05, 4.69) is 37.5 Å². The Morgan fingerprint density at radius 3 is 2.69 bits per heavy atom. The van der Waals surface area contributed by atoms with Gasteiger partial charge in [-0.25, -0.2) is 0 Å². The summed E-state index contributed by atoms with van der Waals surface area (Å²) in [6, 6.07) is 2.42. The van der Waals surface area contributed by atoms with Crippen molar-refractivity contribution in [1.82, 2.24) is 10.6 Å². The van der Waals surface area contributed by atoms with Gasteiger partial charge in [-0.3, -0.25) is 4.79 Å². The highest BCUT2D eigenvalue weighted by atomic mass is 32.1. The molecular formula is C12H20N2OS. The van der Waals surface area contributed by atoms with E-state index in [0.717, 1.165) is 0 Å². The van der Waals surface area contributed by atoms with Crippen molar-refractivity contribution in [2.45, 2.75) is 33.7 Å². The van der Waals surface area contributed by atoms with Crippen LogP contribution in [0.2, 0.25) is 0 Å². The highest BCUT2D eigenvalue weighted by Gasteiger charge is 2.11. The molecule has 0 fully saturated rings. The fourth-order valence-corrected chi connectivity index (χ4v) is 2.72. The summed E-state index contributed by atoms with van der Waals surface area (Å²) in [4.78, 5) is 13.9. The van der Waals surface area contributed by atoms with Crippen LogP contribution in [0, 0.1) is 13.8 Å². The summed E-state index contributed by atoms with van der Waals surface area (Å²) >= 11 is 1.80. The topological polar surface area (TPSA) is 41.1 Å². The second-order valence-electron chi connectivity index (χ2n) is 3.92. The molecule has 0 radical (unpaired) electrons. The van der Waals surface area contributed by atoms with E-state index >= 15 is 0 Å². The van der Waals surface area contributed by atoms with Crippen LogP contribution < -0.4 is 10.6 Å². The van der Waals surface area contributed by atoms with Crippen LogP contribution in [-0.2, 0) is 4.79 Å². The Morgan fingerprint density at radius 1 is 1.50 bits per heavy atom. The Labute approximate surface area is 101 Å². The maximum atomic E-state index is 11.3. The van der Waals surface area contributed by atoms with Gasteiger partial charge in [0.25, 0.3) is 0 Å². The minimum absolute atomic E-state index is 0.0546. The van der Waals surface area contributed by atoms with E-state index in [4.69, 9.17) is 0 Å². The van der Waals surface area contributed by atoms with E-state index in [0.29, 0.717) is 13.1 Å². The normalized spacial score (nSPS) is 12.5. The Kier molecular flexibility index (Phi) is 4.96. The highest BCUT2D eigenvalue weighted by Crippen LogP contribution is 2.25. The molecule has 3 nitrogen and oxygen atoms in total. The van der Waals surface area contributed by atoms with Crippen LogP contribution in [0.25, 0.3) is 0 Å². The lowest BCUT2D eigenvalue weighted by atomic mass is 10.1. The molecule has 1 aromatic rings. The smallest absolute Gasteiger partial charge is 0.233 e. The zero-order valence-corrected chi connectivity index (χ0v) is 11.2. The maximum absolute atomic E-state index is 11.3. The number of amides is 1. The van der Waals surface area contributed by atoms with Crippen LogP contribution in [0.5, 0.6) is 0 Å². The number of carbonyl (C=O) groups is 1. The number of hydrogen-bond acceptors (Lipinski definition) is 3. The molecule has 4 heteroatoms. The molecule has 0 aromatic carbocycles. The number of rotatable bonds is 5. The predicted octanol–water partition coefficient (Wildman–Crippen LogP) is 2.15. The van der Waals surface area contributed by atoms with E-state index < -0.39 is 0 Å². The van der Waals surface area contributed by atoms with Gasteiger partial charge in [0.1, 0.15) is 0 Å². The molecule has 0 saturated carbocycles. The Balaban J connectivity index is 2.49. The average Bonchev–Trinajstić information content (AvgIpc) is 2.55. The summed E-state index contributed by atoms with van der Waals surface area (Å²) < 4.78 is 0. The fourth-order valence-electron chi connectivity index (χ4n) is 1.70. The lowest BCUT2D eigenvalue weighted by Crippen LogP contribution is -2.34. The zero-order chi connectivity index (χ0) is 12.1. The maximum Gasteiger partial charge on any atom is 0.233 e. The summed E-state index contributed by atoms with van der Waals surface area (Å²) in [6.45, 7) is 9.31. The minimum atomic E-state index is 0.0546. The molecule has 1 unspecified atom stereocenters. The van der Waals surface area contributed by atoms with Crippen LogP contribution in [-0.4, -0.2) is 19.0 Å². The zero-order valence-electron chi connectivity index (χ0n) is 10.4. The second-order valence-corrected chi connectivity index (χ2v) is 5.39. The number of hydrogen-bond donors (Lipinski definition) is 2. The second kappa shape index (κ2) is 6.01. The van der Waals surface area contributed by atoms with Crippen molar-refractivity contribution in [3.8, 4) is 0 Å². The van der Waals surface area contributed by atoms with Crippen LogP contribution >= 0.6 is 11.3 Å². The molecule has 0 spiro atoms. The molecule has 0 aliphatic carbocycles. The first-order valence-corrected chi connectivity index (χ1v) is 6.43. The van der Waals surface area contributed by atoms with E-state index in [-0.39, 0.29) is 11.9 Å². The van der Waals surface area contributed by atoms with Gasteiger partial charge in [-0.05, 0) is 39.3 Å². The third kappa shape index (κ3) is 3.61. The summed E-state index contributed by atoms with van der Waals surface area (Å²) in [5.74, 6) is 0.0546. The predicted molar refractivity (Wildman–Crippen MR) is 68.9 cm³/mol. The molecule has 0 bridgehead atoms. The lowest BCUT2D eigenvalue weighted by molar-refractivity contribution is -0.120. The van der Waals surface area contributed by atoms with Crippen molar-refractivity contribution >= 4 is 17.2 Å². The van der Waals surface area contributed by atoms with Crippen molar-refractivity contribution in [2.75, 3.05) is 13.1 Å². The first-order chi connectivity index (χ1) is 7.54. The summed E-state index contributed by atoms with van der Waals surface area (Å²) in [7, 11) is 0. The van der Waals surface area contributed by atoms with Crippen molar-refractivity contribution in [3.63, 3.8) is 0 Å². The van der Waals surface area contributed by atoms with Crippen LogP contribution in [0.3, 0.4) is 0 Å². The van der Waals surface area contributed by atoms with Gasteiger partial charge in [-0.2, -0.15) is 0 Å². The summed E-state index contributed by atoms with van der Waals surface area (Å²) in [5, 5.41) is 6.01. The minimum Gasteiger partial charge on any atom is -0.355 e. The molecule has 0 aliphatic rings. The SMILES string of the molecule is CCNC(=O)CNC(C)c1cc(C)sc1C. The van der Waals surface area contributed by atoms with Crippen molar-refractivity contribution in [3.05, 3.63) is 21.4 Å². The van der Waals surface area contributed by atoms with Crippen molar-refractivity contribution in [2.24, 2.45) is 0 Å². The van der Waals surface area contributed by atoms with Gasteiger partial charge >= 0.3 is 0 Å². The first kappa shape index (κ1) is 13.2. The van der Waals surface area contributed by atoms with Gasteiger partial charge in [0.15, 0.2) is 0 Å². The number of carbonyl (C=O) groups excluding carboxylic acids is 1. The summed E-state index contributed by atoms with van der Waals surface area (Å²) in [6.07, 6.45) is 0. The number of thiophene rings is 1. The number of aryl methyl sites for hydroxylation is 2. The highest BCUT2D eigenvalue weighted by molar-refractivity contribution is 7.12. The van der Waals surface area contributed by atoms with Crippen molar-refractivity contribution in [1.29, 1.82) is 0 Å². The molecule has 1 heterocycles. The number of likely N-dealkylation sites (N-methyl/N-ethyl adjacent to an activating group) is 1. The lowest BCUT2D eigenvalue weighted by Gasteiger charge is -2.13. The Hall–Kier alpha value is -0.870. The number of nitrogens with one attached hydrogen (secondary N) is 2. The molecular weight excluding hydrogens is 220 g/mol. The quantitative estimate of drug-likeness (QED) is 0.828. The molecule has 1 aromatic heterocycles. The molecule has 16 heavy (non-hydrogen) atoms. The van der Waals surface area contributed by atoms with Gasteiger partial charge in [-0.15, -0.1) is 11.3 Å². The molecule has 90 valence electrons. The Morgan fingerprint density at radius 2 is 2.19 bits per heavy atom. The largest absolute Gasteiger partial charge is 0.355 e. The van der Waals surface area contributed by atoms with Gasteiger partial charge in [0.2, 0.25) is 5.91 Å². The third-order valence-corrected chi connectivity index (χ3v) is 3.47. The van der Waals surface area contributed by atoms with Crippen LogP contribution in [0.1, 0.15) is 35.2 Å². The average molecular weight is 240 g/mol. The third-order valence-electron chi connectivity index (χ3n) is 2.49. The molecule has 1 rings (SSSR count). The van der Waals surface area contributed by atoms with Crippen LogP contribution in [0.15, 0.2) is 6.07 Å². The molecule has 0 saturated heterocycles. The van der Waals surface area contributed by atoms with Crippen molar-refractivity contribution < 1.29 is 4.79 Å². The standard InChI is InChI=1S/C12H20N2OS/c1-5-13-12(15)7-14-9(3)11-6-8(2)16-10(11)4/h6,9,14H,5,7H2,1-4H3,(H,13,15). The van der Waals surface area contributed by atoms with Gasteiger partial charge in [-0.1, -0.05) is 0 Å². The van der Waals surface area contributed by atoms with E-state index in [1.807, 2.05) is 6.92 Å². The fraction of sp³-hybridized carbons (Fsp3) is 0.583. The van der Waals surface area contributed by atoms with E-state index in [1.165, 1.54) is 15.3 Å².